The van der Waals surface area contributed by atoms with Crippen LogP contribution < -0.4 is 5.32 Å². The number of fused-ring (bicyclic) bond motifs is 1. The fourth-order valence-electron chi connectivity index (χ4n) is 4.87. The topological polar surface area (TPSA) is 78.6 Å². The Labute approximate surface area is 204 Å². The standard InChI is InChI=1S/C24H24BrClFN3O3/c1-13-16-10-18(23(31)30-11-24(32,12-30)20-4-2-3-7-28-20)17(21(27)22(16)33-29-13)8-14-5-6-15(25)9-19(14)26/h5-6,9-10,20,28,32H,2-4,7-8,11-12H2,1H3/t20-/m0/s1. The molecule has 0 aliphatic carbocycles. The maximum atomic E-state index is 15.6. The Kier molecular flexibility index (Phi) is 5.97. The second kappa shape index (κ2) is 8.65. The number of rotatable bonds is 4. The van der Waals surface area contributed by atoms with Crippen LogP contribution in [0.3, 0.4) is 0 Å². The molecule has 5 rings (SSSR count). The molecular weight excluding hydrogens is 513 g/mol. The van der Waals surface area contributed by atoms with E-state index in [2.05, 4.69) is 26.4 Å². The van der Waals surface area contributed by atoms with Gasteiger partial charge < -0.3 is 19.8 Å². The highest BCUT2D eigenvalue weighted by atomic mass is 79.9. The van der Waals surface area contributed by atoms with Crippen LogP contribution in [-0.4, -0.2) is 52.3 Å². The molecule has 6 nitrogen and oxygen atoms in total. The van der Waals surface area contributed by atoms with Crippen LogP contribution in [0.2, 0.25) is 5.02 Å². The highest BCUT2D eigenvalue weighted by Crippen LogP contribution is 2.35. The van der Waals surface area contributed by atoms with E-state index in [1.54, 1.807) is 30.0 Å². The number of carbonyl (C=O) groups excluding carboxylic acids is 1. The summed E-state index contributed by atoms with van der Waals surface area (Å²) in [5.74, 6) is -0.930. The number of aromatic nitrogens is 1. The minimum absolute atomic E-state index is 0.0267. The molecule has 0 unspecified atom stereocenters. The molecule has 3 heterocycles. The lowest BCUT2D eigenvalue weighted by atomic mass is 9.81. The largest absolute Gasteiger partial charge is 0.385 e. The van der Waals surface area contributed by atoms with Gasteiger partial charge in [-0.2, -0.15) is 0 Å². The second-order valence-electron chi connectivity index (χ2n) is 9.04. The summed E-state index contributed by atoms with van der Waals surface area (Å²) in [5.41, 5.74) is 0.718. The van der Waals surface area contributed by atoms with Crippen molar-refractivity contribution in [2.75, 3.05) is 19.6 Å². The summed E-state index contributed by atoms with van der Waals surface area (Å²) in [6.45, 7) is 3.00. The number of likely N-dealkylation sites (tertiary alicyclic amines) is 1. The van der Waals surface area contributed by atoms with Gasteiger partial charge in [0.25, 0.3) is 5.91 Å². The number of aryl methyl sites for hydroxylation is 1. The summed E-state index contributed by atoms with van der Waals surface area (Å²) >= 11 is 9.76. The van der Waals surface area contributed by atoms with Crippen LogP contribution in [0.5, 0.6) is 0 Å². The molecule has 0 radical (unpaired) electrons. The van der Waals surface area contributed by atoms with E-state index in [-0.39, 0.29) is 48.2 Å². The average molecular weight is 537 g/mol. The van der Waals surface area contributed by atoms with Gasteiger partial charge >= 0.3 is 0 Å². The summed E-state index contributed by atoms with van der Waals surface area (Å²) < 4.78 is 21.6. The van der Waals surface area contributed by atoms with E-state index >= 15 is 4.39 Å². The summed E-state index contributed by atoms with van der Waals surface area (Å²) in [6, 6.07) is 6.97. The normalized spacial score (nSPS) is 20.2. The molecule has 2 aliphatic rings. The van der Waals surface area contributed by atoms with Crippen LogP contribution in [0.1, 0.15) is 46.4 Å². The lowest BCUT2D eigenvalue weighted by Gasteiger charge is -2.51. The van der Waals surface area contributed by atoms with Gasteiger partial charge in [0, 0.05) is 38.5 Å². The van der Waals surface area contributed by atoms with Crippen LogP contribution >= 0.6 is 27.5 Å². The quantitative estimate of drug-likeness (QED) is 0.509. The van der Waals surface area contributed by atoms with Gasteiger partial charge in [-0.05, 0) is 50.1 Å². The molecule has 0 saturated carbocycles. The van der Waals surface area contributed by atoms with Crippen molar-refractivity contribution >= 4 is 44.4 Å². The van der Waals surface area contributed by atoms with Crippen molar-refractivity contribution in [1.29, 1.82) is 0 Å². The van der Waals surface area contributed by atoms with Gasteiger partial charge in [0.2, 0.25) is 5.58 Å². The Morgan fingerprint density at radius 1 is 1.39 bits per heavy atom. The molecule has 1 aromatic heterocycles. The van der Waals surface area contributed by atoms with Crippen molar-refractivity contribution in [2.24, 2.45) is 0 Å². The van der Waals surface area contributed by atoms with Crippen LogP contribution in [0, 0.1) is 12.7 Å². The summed E-state index contributed by atoms with van der Waals surface area (Å²) in [4.78, 5) is 15.1. The number of hydrogen-bond donors (Lipinski definition) is 2. The Hall–Kier alpha value is -2.00. The third-order valence-corrected chi connectivity index (χ3v) is 7.62. The molecule has 1 amide bonds. The average Bonchev–Trinajstić information content (AvgIpc) is 3.16. The van der Waals surface area contributed by atoms with Crippen LogP contribution in [-0.2, 0) is 6.42 Å². The highest BCUT2D eigenvalue weighted by Gasteiger charge is 2.49. The zero-order valence-electron chi connectivity index (χ0n) is 18.1. The molecule has 174 valence electrons. The number of β-amino-alcohol motifs (C(OH)–C–C–N with tert-alkyl or cyclic N) is 1. The number of carbonyl (C=O) groups is 1. The number of halogens is 3. The molecule has 33 heavy (non-hydrogen) atoms. The van der Waals surface area contributed by atoms with Gasteiger partial charge in [-0.1, -0.05) is 45.2 Å². The van der Waals surface area contributed by atoms with E-state index in [4.69, 9.17) is 16.1 Å². The maximum absolute atomic E-state index is 15.6. The zero-order valence-corrected chi connectivity index (χ0v) is 20.5. The first-order chi connectivity index (χ1) is 15.8. The van der Waals surface area contributed by atoms with E-state index in [1.807, 2.05) is 6.07 Å². The summed E-state index contributed by atoms with van der Waals surface area (Å²) in [7, 11) is 0. The lowest BCUT2D eigenvalue weighted by molar-refractivity contribution is -0.108. The first-order valence-corrected chi connectivity index (χ1v) is 12.2. The van der Waals surface area contributed by atoms with Crippen molar-refractivity contribution in [1.82, 2.24) is 15.4 Å². The molecule has 2 aromatic carbocycles. The van der Waals surface area contributed by atoms with E-state index in [1.165, 1.54) is 0 Å². The van der Waals surface area contributed by atoms with Gasteiger partial charge in [0.15, 0.2) is 5.82 Å². The van der Waals surface area contributed by atoms with E-state index in [0.717, 1.165) is 30.3 Å². The van der Waals surface area contributed by atoms with E-state index in [9.17, 15) is 9.90 Å². The Morgan fingerprint density at radius 3 is 2.88 bits per heavy atom. The molecular formula is C24H24BrClFN3O3. The molecule has 2 fully saturated rings. The predicted molar refractivity (Wildman–Crippen MR) is 127 cm³/mol. The number of piperidine rings is 1. The van der Waals surface area contributed by atoms with Gasteiger partial charge in [-0.3, -0.25) is 4.79 Å². The van der Waals surface area contributed by atoms with Gasteiger partial charge in [0.1, 0.15) is 5.60 Å². The molecule has 3 aromatic rings. The minimum Gasteiger partial charge on any atom is -0.385 e. The van der Waals surface area contributed by atoms with Crippen molar-refractivity contribution in [3.05, 3.63) is 62.0 Å². The second-order valence-corrected chi connectivity index (χ2v) is 10.4. The molecule has 0 spiro atoms. The third-order valence-electron chi connectivity index (χ3n) is 6.77. The third kappa shape index (κ3) is 4.07. The first-order valence-electron chi connectivity index (χ1n) is 11.0. The molecule has 2 N–H and O–H groups in total. The number of benzene rings is 2. The SMILES string of the molecule is Cc1noc2c(F)c(Cc3ccc(Br)cc3Cl)c(C(=O)N3CC(O)([C@@H]4CCCCN4)C3)cc12. The van der Waals surface area contributed by atoms with Crippen LogP contribution in [0.15, 0.2) is 33.3 Å². The van der Waals surface area contributed by atoms with Gasteiger partial charge in [0.05, 0.1) is 18.8 Å². The first kappa shape index (κ1) is 22.8. The number of aliphatic hydroxyl groups is 1. The monoisotopic (exact) mass is 535 g/mol. The summed E-state index contributed by atoms with van der Waals surface area (Å²) in [5, 5.41) is 19.2. The molecule has 2 aliphatic heterocycles. The zero-order chi connectivity index (χ0) is 23.3. The lowest BCUT2D eigenvalue weighted by Crippen LogP contribution is -2.72. The molecule has 9 heteroatoms. The Bertz CT molecular complexity index is 1240. The molecule has 0 bridgehead atoms. The van der Waals surface area contributed by atoms with Gasteiger partial charge in [-0.15, -0.1) is 0 Å². The maximum Gasteiger partial charge on any atom is 0.254 e. The minimum atomic E-state index is -0.957. The smallest absolute Gasteiger partial charge is 0.254 e. The van der Waals surface area contributed by atoms with Crippen LogP contribution in [0.4, 0.5) is 4.39 Å². The van der Waals surface area contributed by atoms with Crippen molar-refractivity contribution in [2.45, 2.75) is 44.2 Å². The van der Waals surface area contributed by atoms with Gasteiger partial charge in [-0.25, -0.2) is 4.39 Å². The fraction of sp³-hybridized carbons (Fsp3) is 0.417. The molecule has 1 atom stereocenters. The predicted octanol–water partition coefficient (Wildman–Crippen LogP) is 4.61. The van der Waals surface area contributed by atoms with E-state index < -0.39 is 11.4 Å². The number of nitrogens with one attached hydrogen (secondary N) is 1. The van der Waals surface area contributed by atoms with Crippen molar-refractivity contribution in [3.63, 3.8) is 0 Å². The summed E-state index contributed by atoms with van der Waals surface area (Å²) in [6.07, 6.45) is 3.15. The number of nitrogens with zero attached hydrogens (tertiary/aromatic N) is 2. The Morgan fingerprint density at radius 2 is 2.18 bits per heavy atom. The van der Waals surface area contributed by atoms with Crippen molar-refractivity contribution in [3.8, 4) is 0 Å². The number of hydrogen-bond acceptors (Lipinski definition) is 5. The highest BCUT2D eigenvalue weighted by molar-refractivity contribution is 9.10. The van der Waals surface area contributed by atoms with E-state index in [0.29, 0.717) is 21.7 Å². The fourth-order valence-corrected chi connectivity index (χ4v) is 5.61. The molecule has 2 saturated heterocycles. The van der Waals surface area contributed by atoms with Crippen LogP contribution in [0.25, 0.3) is 11.0 Å². The van der Waals surface area contributed by atoms with Crippen molar-refractivity contribution < 1.29 is 18.8 Å². The number of amides is 1. The Balaban J connectivity index is 1.49.